The Morgan fingerprint density at radius 2 is 2.06 bits per heavy atom. The predicted octanol–water partition coefficient (Wildman–Crippen LogP) is 2.57. The zero-order valence-electron chi connectivity index (χ0n) is 11.2. The van der Waals surface area contributed by atoms with Crippen LogP contribution in [0, 0.1) is 30.6 Å². The number of rotatable bonds is 3. The molecule has 18 heavy (non-hydrogen) atoms. The summed E-state index contributed by atoms with van der Waals surface area (Å²) in [6, 6.07) is 8.36. The Morgan fingerprint density at radius 3 is 2.56 bits per heavy atom. The summed E-state index contributed by atoms with van der Waals surface area (Å²) < 4.78 is 0. The van der Waals surface area contributed by atoms with Crippen molar-refractivity contribution in [2.75, 3.05) is 7.05 Å². The molecule has 0 heterocycles. The second kappa shape index (κ2) is 4.45. The minimum atomic E-state index is -0.714. The number of carbonyl (C=O) groups is 1. The van der Waals surface area contributed by atoms with E-state index in [-0.39, 0.29) is 5.91 Å². The van der Waals surface area contributed by atoms with Gasteiger partial charge >= 0.3 is 0 Å². The molecule has 1 amide bonds. The summed E-state index contributed by atoms with van der Waals surface area (Å²) in [5.41, 5.74) is 2.88. The molecule has 3 heteroatoms. The number of carbonyl (C=O) groups excluding carboxylic acids is 1. The van der Waals surface area contributed by atoms with Crippen molar-refractivity contribution in [3.63, 3.8) is 0 Å². The Morgan fingerprint density at radius 1 is 1.39 bits per heavy atom. The number of amides is 1. The quantitative estimate of drug-likeness (QED) is 0.817. The van der Waals surface area contributed by atoms with E-state index >= 15 is 0 Å². The van der Waals surface area contributed by atoms with E-state index in [1.165, 1.54) is 11.1 Å². The van der Waals surface area contributed by atoms with E-state index in [1.54, 1.807) is 11.9 Å². The molecular weight excluding hydrogens is 224 g/mol. The van der Waals surface area contributed by atoms with Gasteiger partial charge in [-0.05, 0) is 43.4 Å². The number of hydrogen-bond donors (Lipinski definition) is 0. The number of nitrogens with zero attached hydrogens (tertiary/aromatic N) is 2. The molecule has 0 N–H and O–H groups in total. The van der Waals surface area contributed by atoms with Crippen molar-refractivity contribution < 1.29 is 4.79 Å². The first-order chi connectivity index (χ1) is 8.48. The largest absolute Gasteiger partial charge is 0.340 e. The second-order valence-electron chi connectivity index (χ2n) is 5.27. The molecule has 1 aromatic carbocycles. The maximum atomic E-state index is 12.1. The first kappa shape index (κ1) is 12.6. The van der Waals surface area contributed by atoms with Crippen LogP contribution in [-0.4, -0.2) is 17.9 Å². The topological polar surface area (TPSA) is 44.1 Å². The molecule has 3 nitrogen and oxygen atoms in total. The number of hydrogen-bond acceptors (Lipinski definition) is 2. The van der Waals surface area contributed by atoms with Gasteiger partial charge in [0.2, 0.25) is 5.91 Å². The van der Waals surface area contributed by atoms with Crippen LogP contribution in [-0.2, 0) is 11.3 Å². The predicted molar refractivity (Wildman–Crippen MR) is 69.7 cm³/mol. The van der Waals surface area contributed by atoms with Crippen molar-refractivity contribution in [2.24, 2.45) is 5.41 Å². The van der Waals surface area contributed by atoms with E-state index < -0.39 is 5.41 Å². The van der Waals surface area contributed by atoms with Crippen LogP contribution in [0.15, 0.2) is 18.2 Å². The van der Waals surface area contributed by atoms with Crippen LogP contribution >= 0.6 is 0 Å². The SMILES string of the molecule is Cc1ccc(CN(C)C(=O)C2(C#N)CC2)cc1C. The van der Waals surface area contributed by atoms with Crippen molar-refractivity contribution >= 4 is 5.91 Å². The number of benzene rings is 1. The Balaban J connectivity index is 2.08. The van der Waals surface area contributed by atoms with Gasteiger partial charge in [0.05, 0.1) is 6.07 Å². The summed E-state index contributed by atoms with van der Waals surface area (Å²) in [5.74, 6) is -0.0387. The van der Waals surface area contributed by atoms with Gasteiger partial charge in [0.25, 0.3) is 0 Å². The molecule has 0 radical (unpaired) electrons. The van der Waals surface area contributed by atoms with E-state index in [9.17, 15) is 4.79 Å². The minimum absolute atomic E-state index is 0.0387. The van der Waals surface area contributed by atoms with Gasteiger partial charge in [0.1, 0.15) is 5.41 Å². The molecule has 0 spiro atoms. The van der Waals surface area contributed by atoms with E-state index in [2.05, 4.69) is 32.0 Å². The van der Waals surface area contributed by atoms with Crippen molar-refractivity contribution in [2.45, 2.75) is 33.2 Å². The maximum absolute atomic E-state index is 12.1. The summed E-state index contributed by atoms with van der Waals surface area (Å²) >= 11 is 0. The van der Waals surface area contributed by atoms with Gasteiger partial charge in [-0.2, -0.15) is 5.26 Å². The molecule has 0 bridgehead atoms. The van der Waals surface area contributed by atoms with Gasteiger partial charge in [0.15, 0.2) is 0 Å². The lowest BCUT2D eigenvalue weighted by molar-refractivity contribution is -0.134. The fourth-order valence-corrected chi connectivity index (χ4v) is 2.11. The Bertz CT molecular complexity index is 524. The molecule has 0 unspecified atom stereocenters. The van der Waals surface area contributed by atoms with Crippen LogP contribution in [0.1, 0.15) is 29.5 Å². The molecule has 0 aliphatic heterocycles. The van der Waals surface area contributed by atoms with Crippen LogP contribution in [0.2, 0.25) is 0 Å². The van der Waals surface area contributed by atoms with Crippen molar-refractivity contribution in [1.82, 2.24) is 4.90 Å². The number of aryl methyl sites for hydroxylation is 2. The van der Waals surface area contributed by atoms with E-state index in [1.807, 2.05) is 6.07 Å². The highest BCUT2D eigenvalue weighted by Gasteiger charge is 2.51. The van der Waals surface area contributed by atoms with Crippen molar-refractivity contribution in [3.8, 4) is 6.07 Å². The van der Waals surface area contributed by atoms with Crippen molar-refractivity contribution in [1.29, 1.82) is 5.26 Å². The zero-order valence-corrected chi connectivity index (χ0v) is 11.2. The fourth-order valence-electron chi connectivity index (χ4n) is 2.11. The van der Waals surface area contributed by atoms with Gasteiger partial charge in [-0.15, -0.1) is 0 Å². The van der Waals surface area contributed by atoms with Gasteiger partial charge in [-0.25, -0.2) is 0 Å². The minimum Gasteiger partial charge on any atom is -0.340 e. The summed E-state index contributed by atoms with van der Waals surface area (Å²) in [4.78, 5) is 13.8. The van der Waals surface area contributed by atoms with E-state index in [4.69, 9.17) is 5.26 Å². The van der Waals surface area contributed by atoms with Gasteiger partial charge in [-0.1, -0.05) is 18.2 Å². The molecule has 1 aliphatic rings. The first-order valence-corrected chi connectivity index (χ1v) is 6.21. The second-order valence-corrected chi connectivity index (χ2v) is 5.27. The Kier molecular flexibility index (Phi) is 3.13. The lowest BCUT2D eigenvalue weighted by Crippen LogP contribution is -2.33. The molecule has 1 saturated carbocycles. The summed E-state index contributed by atoms with van der Waals surface area (Å²) in [5, 5.41) is 9.02. The highest BCUT2D eigenvalue weighted by Crippen LogP contribution is 2.46. The molecule has 1 aliphatic carbocycles. The first-order valence-electron chi connectivity index (χ1n) is 6.21. The van der Waals surface area contributed by atoms with Gasteiger partial charge in [-0.3, -0.25) is 4.79 Å². The summed E-state index contributed by atoms with van der Waals surface area (Å²) in [6.45, 7) is 4.71. The van der Waals surface area contributed by atoms with Gasteiger partial charge < -0.3 is 4.90 Å². The van der Waals surface area contributed by atoms with Crippen LogP contribution in [0.5, 0.6) is 0 Å². The zero-order chi connectivity index (χ0) is 13.3. The third kappa shape index (κ3) is 2.24. The third-order valence-corrected chi connectivity index (χ3v) is 3.71. The molecule has 2 rings (SSSR count). The van der Waals surface area contributed by atoms with Crippen LogP contribution in [0.4, 0.5) is 0 Å². The monoisotopic (exact) mass is 242 g/mol. The average molecular weight is 242 g/mol. The molecular formula is C15H18N2O. The summed E-state index contributed by atoms with van der Waals surface area (Å²) in [7, 11) is 1.77. The van der Waals surface area contributed by atoms with Crippen LogP contribution in [0.3, 0.4) is 0 Å². The molecule has 1 aromatic rings. The molecule has 0 saturated heterocycles. The molecule has 0 aromatic heterocycles. The molecule has 0 atom stereocenters. The van der Waals surface area contributed by atoms with Gasteiger partial charge in [0, 0.05) is 13.6 Å². The number of nitriles is 1. The highest BCUT2D eigenvalue weighted by molar-refractivity contribution is 5.88. The lowest BCUT2D eigenvalue weighted by atomic mass is 10.0. The normalized spacial score (nSPS) is 15.9. The molecule has 1 fully saturated rings. The van der Waals surface area contributed by atoms with E-state index in [0.29, 0.717) is 19.4 Å². The van der Waals surface area contributed by atoms with Crippen molar-refractivity contribution in [3.05, 3.63) is 34.9 Å². The smallest absolute Gasteiger partial charge is 0.243 e. The lowest BCUT2D eigenvalue weighted by Gasteiger charge is -2.20. The van der Waals surface area contributed by atoms with Crippen LogP contribution < -0.4 is 0 Å². The Hall–Kier alpha value is -1.82. The molecule has 94 valence electrons. The average Bonchev–Trinajstić information content (AvgIpc) is 3.14. The maximum Gasteiger partial charge on any atom is 0.243 e. The standard InChI is InChI=1S/C15H18N2O/c1-11-4-5-13(8-12(11)2)9-17(3)14(18)15(10-16)6-7-15/h4-5,8H,6-7,9H2,1-3H3. The third-order valence-electron chi connectivity index (χ3n) is 3.71. The van der Waals surface area contributed by atoms with E-state index in [0.717, 1.165) is 5.56 Å². The highest BCUT2D eigenvalue weighted by atomic mass is 16.2. The van der Waals surface area contributed by atoms with Crippen LogP contribution in [0.25, 0.3) is 0 Å². The Labute approximate surface area is 108 Å². The fraction of sp³-hybridized carbons (Fsp3) is 0.467. The summed E-state index contributed by atoms with van der Waals surface area (Å²) in [6.07, 6.45) is 1.42.